The minimum absolute atomic E-state index is 0.0287. The SMILES string of the molecule is CC(C[PH](=O)c1ccccc1O)C(=O)O. The van der Waals surface area contributed by atoms with E-state index in [2.05, 4.69) is 0 Å². The Labute approximate surface area is 88.3 Å². The number of carboxylic acids is 1. The van der Waals surface area contributed by atoms with Gasteiger partial charge in [-0.05, 0) is 12.1 Å². The first-order valence-electron chi connectivity index (χ1n) is 4.56. The molecule has 0 radical (unpaired) electrons. The van der Waals surface area contributed by atoms with Crippen LogP contribution in [0.4, 0.5) is 0 Å². The highest BCUT2D eigenvalue weighted by Gasteiger charge is 2.17. The zero-order chi connectivity index (χ0) is 11.4. The zero-order valence-electron chi connectivity index (χ0n) is 8.30. The summed E-state index contributed by atoms with van der Waals surface area (Å²) in [5.41, 5.74) is 0. The maximum Gasteiger partial charge on any atom is 0.306 e. The lowest BCUT2D eigenvalue weighted by Gasteiger charge is -2.07. The van der Waals surface area contributed by atoms with Gasteiger partial charge in [0.25, 0.3) is 0 Å². The van der Waals surface area contributed by atoms with Gasteiger partial charge in [0.15, 0.2) is 0 Å². The van der Waals surface area contributed by atoms with Crippen LogP contribution in [0.2, 0.25) is 0 Å². The van der Waals surface area contributed by atoms with Crippen molar-refractivity contribution in [2.75, 3.05) is 6.16 Å². The molecule has 15 heavy (non-hydrogen) atoms. The second kappa shape index (κ2) is 4.99. The normalized spacial score (nSPS) is 14.5. The number of phenols is 1. The Kier molecular flexibility index (Phi) is 3.92. The number of hydrogen-bond acceptors (Lipinski definition) is 3. The second-order valence-corrected chi connectivity index (χ2v) is 5.18. The van der Waals surface area contributed by atoms with Crippen LogP contribution >= 0.6 is 7.80 Å². The molecule has 2 unspecified atom stereocenters. The minimum atomic E-state index is -2.22. The molecule has 1 aromatic carbocycles. The molecule has 0 saturated heterocycles. The molecule has 0 aliphatic heterocycles. The molecule has 2 N–H and O–H groups in total. The summed E-state index contributed by atoms with van der Waals surface area (Å²) in [6, 6.07) is 6.31. The van der Waals surface area contributed by atoms with Crippen molar-refractivity contribution in [1.29, 1.82) is 0 Å². The lowest BCUT2D eigenvalue weighted by molar-refractivity contribution is -0.140. The first-order valence-corrected chi connectivity index (χ1v) is 6.18. The summed E-state index contributed by atoms with van der Waals surface area (Å²) in [5, 5.41) is 18.4. The van der Waals surface area contributed by atoms with Gasteiger partial charge in [-0.15, -0.1) is 0 Å². The van der Waals surface area contributed by atoms with Crippen LogP contribution in [0.5, 0.6) is 5.75 Å². The van der Waals surface area contributed by atoms with Gasteiger partial charge < -0.3 is 14.8 Å². The monoisotopic (exact) mass is 228 g/mol. The van der Waals surface area contributed by atoms with Gasteiger partial charge in [0.1, 0.15) is 13.6 Å². The number of aromatic hydroxyl groups is 1. The van der Waals surface area contributed by atoms with Gasteiger partial charge in [-0.3, -0.25) is 4.79 Å². The Balaban J connectivity index is 2.78. The van der Waals surface area contributed by atoms with E-state index in [1.807, 2.05) is 0 Å². The van der Waals surface area contributed by atoms with Crippen LogP contribution in [0, 0.1) is 5.92 Å². The molecule has 0 aromatic heterocycles. The van der Waals surface area contributed by atoms with Crippen LogP contribution in [0.1, 0.15) is 6.92 Å². The van der Waals surface area contributed by atoms with Crippen molar-refractivity contribution in [1.82, 2.24) is 0 Å². The van der Waals surface area contributed by atoms with Crippen LogP contribution in [-0.4, -0.2) is 22.3 Å². The molecule has 0 heterocycles. The van der Waals surface area contributed by atoms with Crippen LogP contribution in [0.3, 0.4) is 0 Å². The van der Waals surface area contributed by atoms with E-state index in [9.17, 15) is 14.5 Å². The Morgan fingerprint density at radius 1 is 1.47 bits per heavy atom. The maximum absolute atomic E-state index is 11.7. The highest BCUT2D eigenvalue weighted by molar-refractivity contribution is 7.53. The molecule has 0 aliphatic rings. The number of carbonyl (C=O) groups is 1. The summed E-state index contributed by atoms with van der Waals surface area (Å²) >= 11 is 0. The molecular weight excluding hydrogens is 215 g/mol. The Morgan fingerprint density at radius 2 is 2.07 bits per heavy atom. The van der Waals surface area contributed by atoms with Crippen LogP contribution in [0.15, 0.2) is 24.3 Å². The molecule has 0 amide bonds. The third-order valence-corrected chi connectivity index (χ3v) is 4.12. The third-order valence-electron chi connectivity index (χ3n) is 2.12. The first-order chi connectivity index (χ1) is 7.02. The fraction of sp³-hybridized carbons (Fsp3) is 0.300. The molecule has 2 atom stereocenters. The van der Waals surface area contributed by atoms with E-state index in [4.69, 9.17) is 5.11 Å². The summed E-state index contributed by atoms with van der Waals surface area (Å²) in [6.45, 7) is 1.50. The van der Waals surface area contributed by atoms with E-state index in [0.717, 1.165) is 0 Å². The van der Waals surface area contributed by atoms with Crippen molar-refractivity contribution in [3.63, 3.8) is 0 Å². The summed E-state index contributed by atoms with van der Waals surface area (Å²) in [5.74, 6) is -1.65. The van der Waals surface area contributed by atoms with Crippen molar-refractivity contribution in [3.05, 3.63) is 24.3 Å². The van der Waals surface area contributed by atoms with Gasteiger partial charge in [0, 0.05) is 6.16 Å². The van der Waals surface area contributed by atoms with Crippen molar-refractivity contribution >= 4 is 19.1 Å². The highest BCUT2D eigenvalue weighted by Crippen LogP contribution is 2.27. The van der Waals surface area contributed by atoms with Gasteiger partial charge >= 0.3 is 5.97 Å². The Bertz CT molecular complexity index is 389. The van der Waals surface area contributed by atoms with Crippen LogP contribution in [-0.2, 0) is 9.36 Å². The quantitative estimate of drug-likeness (QED) is 0.761. The molecule has 4 nitrogen and oxygen atoms in total. The fourth-order valence-electron chi connectivity index (χ4n) is 1.18. The number of carboxylic acid groups (broad SMARTS) is 1. The molecule has 0 fully saturated rings. The van der Waals surface area contributed by atoms with E-state index in [1.165, 1.54) is 13.0 Å². The topological polar surface area (TPSA) is 74.6 Å². The van der Waals surface area contributed by atoms with E-state index in [0.29, 0.717) is 5.30 Å². The second-order valence-electron chi connectivity index (χ2n) is 3.38. The molecule has 1 rings (SSSR count). The minimum Gasteiger partial charge on any atom is -0.507 e. The maximum atomic E-state index is 11.7. The summed E-state index contributed by atoms with van der Waals surface area (Å²) < 4.78 is 11.7. The smallest absolute Gasteiger partial charge is 0.306 e. The number of benzene rings is 1. The van der Waals surface area contributed by atoms with E-state index >= 15 is 0 Å². The number of phenolic OH excluding ortho intramolecular Hbond substituents is 1. The molecule has 0 aliphatic carbocycles. The predicted octanol–water partition coefficient (Wildman–Crippen LogP) is 1.30. The molecule has 5 heteroatoms. The molecule has 1 aromatic rings. The van der Waals surface area contributed by atoms with Crippen molar-refractivity contribution < 1.29 is 19.6 Å². The predicted molar refractivity (Wildman–Crippen MR) is 58.4 cm³/mol. The lowest BCUT2D eigenvalue weighted by Crippen LogP contribution is -2.14. The zero-order valence-corrected chi connectivity index (χ0v) is 9.30. The lowest BCUT2D eigenvalue weighted by atomic mass is 10.2. The summed E-state index contributed by atoms with van der Waals surface area (Å²) in [7, 11) is -2.22. The average molecular weight is 228 g/mol. The van der Waals surface area contributed by atoms with E-state index in [1.54, 1.807) is 18.2 Å². The van der Waals surface area contributed by atoms with Gasteiger partial charge in [-0.1, -0.05) is 19.1 Å². The number of hydrogen-bond donors (Lipinski definition) is 2. The van der Waals surface area contributed by atoms with Crippen molar-refractivity contribution in [2.45, 2.75) is 6.92 Å². The largest absolute Gasteiger partial charge is 0.507 e. The van der Waals surface area contributed by atoms with Crippen molar-refractivity contribution in [3.8, 4) is 5.75 Å². The molecule has 82 valence electrons. The van der Waals surface area contributed by atoms with Crippen LogP contribution < -0.4 is 5.30 Å². The van der Waals surface area contributed by atoms with Gasteiger partial charge in [-0.2, -0.15) is 0 Å². The van der Waals surface area contributed by atoms with E-state index < -0.39 is 19.7 Å². The van der Waals surface area contributed by atoms with Gasteiger partial charge in [0.2, 0.25) is 0 Å². The third kappa shape index (κ3) is 3.10. The average Bonchev–Trinajstić information content (AvgIpc) is 2.18. The standard InChI is InChI=1S/C10H13O4P/c1-7(10(12)13)6-15(14)9-5-3-2-4-8(9)11/h2-5,7,11,15H,6H2,1H3,(H,12,13). The number of para-hydroxylation sites is 1. The molecule has 0 spiro atoms. The number of aliphatic carboxylic acids is 1. The van der Waals surface area contributed by atoms with Crippen molar-refractivity contribution in [2.24, 2.45) is 5.92 Å². The molecular formula is C10H13O4P. The fourth-order valence-corrected chi connectivity index (χ4v) is 2.79. The summed E-state index contributed by atoms with van der Waals surface area (Å²) in [6.07, 6.45) is 0.0809. The molecule has 0 saturated carbocycles. The summed E-state index contributed by atoms with van der Waals surface area (Å²) in [4.78, 5) is 10.6. The van der Waals surface area contributed by atoms with E-state index in [-0.39, 0.29) is 11.9 Å². The van der Waals surface area contributed by atoms with Crippen LogP contribution in [0.25, 0.3) is 0 Å². The molecule has 0 bridgehead atoms. The Morgan fingerprint density at radius 3 is 2.60 bits per heavy atom. The first kappa shape index (κ1) is 11.8. The van der Waals surface area contributed by atoms with Gasteiger partial charge in [0.05, 0.1) is 11.2 Å². The number of rotatable bonds is 4. The Hall–Kier alpha value is -1.28. The highest BCUT2D eigenvalue weighted by atomic mass is 31.1. The van der Waals surface area contributed by atoms with Gasteiger partial charge in [-0.25, -0.2) is 0 Å².